The smallest absolute Gasteiger partial charge is 0.338 e. The lowest BCUT2D eigenvalue weighted by Crippen LogP contribution is -2.31. The molecule has 0 radical (unpaired) electrons. The van der Waals surface area contributed by atoms with E-state index in [0.29, 0.717) is 5.56 Å². The van der Waals surface area contributed by atoms with Crippen molar-refractivity contribution in [2.24, 2.45) is 5.41 Å². The van der Waals surface area contributed by atoms with E-state index in [1.54, 1.807) is 0 Å². The Labute approximate surface area is 146 Å². The van der Waals surface area contributed by atoms with Gasteiger partial charge < -0.3 is 4.74 Å². The summed E-state index contributed by atoms with van der Waals surface area (Å²) in [6.07, 6.45) is 8.61. The number of carbonyl (C=O) groups excluding carboxylic acids is 1. The molecule has 3 nitrogen and oxygen atoms in total. The van der Waals surface area contributed by atoms with Gasteiger partial charge in [-0.1, -0.05) is 38.8 Å². The molecule has 1 saturated carbocycles. The Kier molecular flexibility index (Phi) is 6.85. The first-order chi connectivity index (χ1) is 11.6. The molecule has 130 valence electrons. The second kappa shape index (κ2) is 8.87. The summed E-state index contributed by atoms with van der Waals surface area (Å²) in [5.74, 6) is -0.234. The maximum atomic E-state index is 12.3. The van der Waals surface area contributed by atoms with E-state index in [1.165, 1.54) is 18.4 Å². The first-order valence-corrected chi connectivity index (χ1v) is 9.33. The summed E-state index contributed by atoms with van der Waals surface area (Å²) >= 11 is 0. The number of nitriles is 1. The SMILES string of the molecule is CCCCc1ccc(C(=O)OC2CCC(C#N)(CCC)CC2)cc1. The van der Waals surface area contributed by atoms with E-state index in [-0.39, 0.29) is 17.5 Å². The molecule has 0 unspecified atom stereocenters. The van der Waals surface area contributed by atoms with Gasteiger partial charge in [0, 0.05) is 0 Å². The maximum absolute atomic E-state index is 12.3. The number of nitrogens with zero attached hydrogens (tertiary/aromatic N) is 1. The largest absolute Gasteiger partial charge is 0.459 e. The third-order valence-electron chi connectivity index (χ3n) is 5.14. The van der Waals surface area contributed by atoms with Gasteiger partial charge in [0.05, 0.1) is 17.0 Å². The van der Waals surface area contributed by atoms with Crippen LogP contribution in [0, 0.1) is 16.7 Å². The Morgan fingerprint density at radius 1 is 1.21 bits per heavy atom. The minimum Gasteiger partial charge on any atom is -0.459 e. The molecule has 0 heterocycles. The zero-order valence-corrected chi connectivity index (χ0v) is 15.0. The highest BCUT2D eigenvalue weighted by atomic mass is 16.5. The molecule has 0 aromatic heterocycles. The van der Waals surface area contributed by atoms with Crippen LogP contribution >= 0.6 is 0 Å². The molecule has 0 amide bonds. The number of ether oxygens (including phenoxy) is 1. The van der Waals surface area contributed by atoms with E-state index in [0.717, 1.165) is 44.9 Å². The number of unbranched alkanes of at least 4 members (excludes halogenated alkanes) is 1. The number of hydrogen-bond acceptors (Lipinski definition) is 3. The number of carbonyl (C=O) groups is 1. The topological polar surface area (TPSA) is 50.1 Å². The quantitative estimate of drug-likeness (QED) is 0.627. The molecule has 24 heavy (non-hydrogen) atoms. The molecule has 2 rings (SSSR count). The highest BCUT2D eigenvalue weighted by Crippen LogP contribution is 2.40. The second-order valence-electron chi connectivity index (χ2n) is 7.05. The fraction of sp³-hybridized carbons (Fsp3) is 0.619. The molecular weight excluding hydrogens is 298 g/mol. The summed E-state index contributed by atoms with van der Waals surface area (Å²) in [6, 6.07) is 10.3. The second-order valence-corrected chi connectivity index (χ2v) is 7.05. The Bertz CT molecular complexity index is 562. The molecule has 1 aromatic rings. The van der Waals surface area contributed by atoms with Crippen LogP contribution in [-0.2, 0) is 11.2 Å². The predicted octanol–water partition coefficient (Wildman–Crippen LogP) is 5.44. The van der Waals surface area contributed by atoms with Crippen molar-refractivity contribution in [2.75, 3.05) is 0 Å². The Hall–Kier alpha value is -1.82. The van der Waals surface area contributed by atoms with E-state index in [1.807, 2.05) is 24.3 Å². The molecule has 0 bridgehead atoms. The summed E-state index contributed by atoms with van der Waals surface area (Å²) in [5.41, 5.74) is 1.70. The van der Waals surface area contributed by atoms with Crippen LogP contribution in [-0.4, -0.2) is 12.1 Å². The van der Waals surface area contributed by atoms with Crippen LogP contribution in [0.1, 0.15) is 81.1 Å². The van der Waals surface area contributed by atoms with Gasteiger partial charge in [-0.3, -0.25) is 0 Å². The van der Waals surface area contributed by atoms with Crippen molar-refractivity contribution < 1.29 is 9.53 Å². The van der Waals surface area contributed by atoms with Crippen molar-refractivity contribution in [3.8, 4) is 6.07 Å². The van der Waals surface area contributed by atoms with E-state index in [9.17, 15) is 10.1 Å². The van der Waals surface area contributed by atoms with Gasteiger partial charge in [-0.05, 0) is 62.6 Å². The number of hydrogen-bond donors (Lipinski definition) is 0. The van der Waals surface area contributed by atoms with Gasteiger partial charge in [0.15, 0.2) is 0 Å². The molecule has 1 fully saturated rings. The van der Waals surface area contributed by atoms with Gasteiger partial charge in [0.1, 0.15) is 6.10 Å². The summed E-state index contributed by atoms with van der Waals surface area (Å²) in [6.45, 7) is 4.30. The van der Waals surface area contributed by atoms with Gasteiger partial charge >= 0.3 is 5.97 Å². The van der Waals surface area contributed by atoms with Gasteiger partial charge in [-0.15, -0.1) is 0 Å². The summed E-state index contributed by atoms with van der Waals surface area (Å²) in [4.78, 5) is 12.3. The Morgan fingerprint density at radius 2 is 1.88 bits per heavy atom. The number of benzene rings is 1. The summed E-state index contributed by atoms with van der Waals surface area (Å²) in [5, 5.41) is 9.45. The van der Waals surface area contributed by atoms with Crippen molar-refractivity contribution in [1.29, 1.82) is 5.26 Å². The van der Waals surface area contributed by atoms with Crippen LogP contribution < -0.4 is 0 Å². The van der Waals surface area contributed by atoms with Crippen molar-refractivity contribution in [3.05, 3.63) is 35.4 Å². The van der Waals surface area contributed by atoms with E-state index in [2.05, 4.69) is 19.9 Å². The van der Waals surface area contributed by atoms with Crippen LogP contribution in [0.2, 0.25) is 0 Å². The normalized spacial score (nSPS) is 23.5. The zero-order chi connectivity index (χ0) is 17.4. The molecule has 3 heteroatoms. The first-order valence-electron chi connectivity index (χ1n) is 9.33. The maximum Gasteiger partial charge on any atom is 0.338 e. The van der Waals surface area contributed by atoms with Gasteiger partial charge in [-0.25, -0.2) is 4.79 Å². The summed E-state index contributed by atoms with van der Waals surface area (Å²) in [7, 11) is 0. The van der Waals surface area contributed by atoms with Crippen molar-refractivity contribution in [3.63, 3.8) is 0 Å². The minimum atomic E-state index is -0.234. The number of aryl methyl sites for hydroxylation is 1. The van der Waals surface area contributed by atoms with Gasteiger partial charge in [0.25, 0.3) is 0 Å². The minimum absolute atomic E-state index is 0.0457. The lowest BCUT2D eigenvalue weighted by atomic mass is 9.71. The lowest BCUT2D eigenvalue weighted by Gasteiger charge is -2.34. The molecule has 0 saturated heterocycles. The number of rotatable bonds is 7. The molecule has 0 spiro atoms. The monoisotopic (exact) mass is 327 g/mol. The zero-order valence-electron chi connectivity index (χ0n) is 15.0. The van der Waals surface area contributed by atoms with Gasteiger partial charge in [-0.2, -0.15) is 5.26 Å². The average molecular weight is 327 g/mol. The fourth-order valence-corrected chi connectivity index (χ4v) is 3.57. The highest BCUT2D eigenvalue weighted by Gasteiger charge is 2.36. The average Bonchev–Trinajstić information content (AvgIpc) is 2.62. The fourth-order valence-electron chi connectivity index (χ4n) is 3.57. The summed E-state index contributed by atoms with van der Waals surface area (Å²) < 4.78 is 5.67. The van der Waals surface area contributed by atoms with Crippen molar-refractivity contribution in [1.82, 2.24) is 0 Å². The van der Waals surface area contributed by atoms with Crippen LogP contribution in [0.5, 0.6) is 0 Å². The van der Waals surface area contributed by atoms with E-state index >= 15 is 0 Å². The van der Waals surface area contributed by atoms with E-state index in [4.69, 9.17) is 4.74 Å². The molecule has 0 atom stereocenters. The molecule has 0 N–H and O–H groups in total. The standard InChI is InChI=1S/C21H29NO2/c1-3-5-6-17-7-9-18(10-8-17)20(23)24-19-11-14-21(16-22,13-4-2)15-12-19/h7-10,19H,3-6,11-15H2,1-2H3. The molecule has 1 aliphatic rings. The first kappa shape index (κ1) is 18.5. The lowest BCUT2D eigenvalue weighted by molar-refractivity contribution is 0.0106. The third kappa shape index (κ3) is 4.84. The van der Waals surface area contributed by atoms with Crippen molar-refractivity contribution in [2.45, 2.75) is 77.7 Å². The highest BCUT2D eigenvalue weighted by molar-refractivity contribution is 5.89. The molecule has 1 aromatic carbocycles. The Morgan fingerprint density at radius 3 is 2.42 bits per heavy atom. The predicted molar refractivity (Wildman–Crippen MR) is 95.7 cm³/mol. The number of esters is 1. The van der Waals surface area contributed by atoms with Crippen LogP contribution in [0.25, 0.3) is 0 Å². The van der Waals surface area contributed by atoms with Crippen LogP contribution in [0.4, 0.5) is 0 Å². The van der Waals surface area contributed by atoms with Crippen LogP contribution in [0.3, 0.4) is 0 Å². The van der Waals surface area contributed by atoms with Gasteiger partial charge in [0.2, 0.25) is 0 Å². The van der Waals surface area contributed by atoms with Crippen molar-refractivity contribution >= 4 is 5.97 Å². The molecule has 0 aliphatic heterocycles. The van der Waals surface area contributed by atoms with Crippen LogP contribution in [0.15, 0.2) is 24.3 Å². The molecular formula is C21H29NO2. The van der Waals surface area contributed by atoms with E-state index < -0.39 is 0 Å². The molecule has 1 aliphatic carbocycles. The Balaban J connectivity index is 1.86. The third-order valence-corrected chi connectivity index (χ3v) is 5.14.